The lowest BCUT2D eigenvalue weighted by Gasteiger charge is -2.13. The highest BCUT2D eigenvalue weighted by molar-refractivity contribution is 6.28. The number of aromatic nitrogens is 1. The summed E-state index contributed by atoms with van der Waals surface area (Å²) in [5.41, 5.74) is 1.93. The molecule has 3 amide bonds. The van der Waals surface area contributed by atoms with E-state index < -0.39 is 23.9 Å². The summed E-state index contributed by atoms with van der Waals surface area (Å²) in [4.78, 5) is 51.8. The van der Waals surface area contributed by atoms with Gasteiger partial charge >= 0.3 is 18.0 Å². The van der Waals surface area contributed by atoms with Crippen LogP contribution < -0.4 is 4.90 Å². The molecule has 174 valence electrons. The number of carboxylic acids is 1. The zero-order valence-corrected chi connectivity index (χ0v) is 18.9. The Morgan fingerprint density at radius 2 is 1.76 bits per heavy atom. The van der Waals surface area contributed by atoms with Crippen LogP contribution in [0.15, 0.2) is 60.4 Å². The van der Waals surface area contributed by atoms with Crippen LogP contribution in [0.1, 0.15) is 35.8 Å². The topological polar surface area (TPSA) is 109 Å². The standard InChI is InChI=1S/C25H23N3O6/c1-4-34-24(32)15(2)27-14-17(19-7-5-6-8-20(19)27)13-21-22(29)28(25(33)26(21)3)18-11-9-16(10-12-18)23(30)31/h5-15H,4H2,1-3H3,(H,30,31). The van der Waals surface area contributed by atoms with Crippen LogP contribution in [-0.2, 0) is 14.3 Å². The quantitative estimate of drug-likeness (QED) is 0.339. The molecule has 1 N–H and O–H groups in total. The number of benzene rings is 2. The monoisotopic (exact) mass is 461 g/mol. The van der Waals surface area contributed by atoms with E-state index in [1.807, 2.05) is 24.3 Å². The number of fused-ring (bicyclic) bond motifs is 1. The summed E-state index contributed by atoms with van der Waals surface area (Å²) < 4.78 is 6.94. The number of anilines is 1. The van der Waals surface area contributed by atoms with E-state index in [2.05, 4.69) is 0 Å². The molecule has 1 unspecified atom stereocenters. The maximum Gasteiger partial charge on any atom is 0.336 e. The fourth-order valence-electron chi connectivity index (χ4n) is 3.93. The lowest BCUT2D eigenvalue weighted by molar-refractivity contribution is -0.146. The SMILES string of the molecule is CCOC(=O)C(C)n1cc(C=C2C(=O)N(c3ccc(C(=O)O)cc3)C(=O)N2C)c2ccccc21. The van der Waals surface area contributed by atoms with Crippen LogP contribution in [0.2, 0.25) is 0 Å². The number of likely N-dealkylation sites (N-methyl/N-ethyl adjacent to an activating group) is 1. The van der Waals surface area contributed by atoms with Gasteiger partial charge in [-0.05, 0) is 50.3 Å². The van der Waals surface area contributed by atoms with E-state index in [1.165, 1.54) is 36.2 Å². The van der Waals surface area contributed by atoms with Crippen molar-refractivity contribution in [2.75, 3.05) is 18.6 Å². The van der Waals surface area contributed by atoms with Gasteiger partial charge in [-0.3, -0.25) is 9.69 Å². The van der Waals surface area contributed by atoms with Crippen molar-refractivity contribution in [1.29, 1.82) is 0 Å². The molecular weight excluding hydrogens is 438 g/mol. The van der Waals surface area contributed by atoms with Gasteiger partial charge in [0, 0.05) is 29.7 Å². The van der Waals surface area contributed by atoms with Crippen molar-refractivity contribution >= 4 is 46.5 Å². The lowest BCUT2D eigenvalue weighted by atomic mass is 10.1. The summed E-state index contributed by atoms with van der Waals surface area (Å²) in [6, 6.07) is 11.8. The van der Waals surface area contributed by atoms with E-state index in [9.17, 15) is 19.2 Å². The minimum absolute atomic E-state index is 0.0514. The molecule has 1 fully saturated rings. The first kappa shape index (κ1) is 22.8. The number of carbonyl (C=O) groups is 4. The summed E-state index contributed by atoms with van der Waals surface area (Å²) in [7, 11) is 1.50. The molecule has 2 aromatic carbocycles. The summed E-state index contributed by atoms with van der Waals surface area (Å²) in [6.07, 6.45) is 3.37. The summed E-state index contributed by atoms with van der Waals surface area (Å²) in [6.45, 7) is 3.75. The summed E-state index contributed by atoms with van der Waals surface area (Å²) >= 11 is 0. The van der Waals surface area contributed by atoms with Crippen molar-refractivity contribution in [3.05, 3.63) is 71.6 Å². The van der Waals surface area contributed by atoms with Gasteiger partial charge in [0.15, 0.2) is 0 Å². The molecule has 1 atom stereocenters. The average Bonchev–Trinajstić information content (AvgIpc) is 3.29. The van der Waals surface area contributed by atoms with E-state index in [-0.39, 0.29) is 29.5 Å². The predicted molar refractivity (Wildman–Crippen MR) is 125 cm³/mol. The van der Waals surface area contributed by atoms with E-state index in [0.29, 0.717) is 5.56 Å². The number of nitrogens with zero attached hydrogens (tertiary/aromatic N) is 3. The number of imide groups is 1. The molecule has 1 saturated heterocycles. The predicted octanol–water partition coefficient (Wildman–Crippen LogP) is 3.90. The highest BCUT2D eigenvalue weighted by Crippen LogP contribution is 2.31. The minimum Gasteiger partial charge on any atom is -0.478 e. The average molecular weight is 461 g/mol. The van der Waals surface area contributed by atoms with Gasteiger partial charge in [0.1, 0.15) is 11.7 Å². The number of hydrogen-bond acceptors (Lipinski definition) is 5. The van der Waals surface area contributed by atoms with Crippen LogP contribution in [0.3, 0.4) is 0 Å². The molecule has 4 rings (SSSR count). The molecule has 0 aliphatic carbocycles. The van der Waals surface area contributed by atoms with E-state index >= 15 is 0 Å². The number of hydrogen-bond donors (Lipinski definition) is 1. The molecule has 34 heavy (non-hydrogen) atoms. The van der Waals surface area contributed by atoms with E-state index in [1.54, 1.807) is 30.7 Å². The number of esters is 1. The minimum atomic E-state index is -1.10. The van der Waals surface area contributed by atoms with Gasteiger partial charge in [-0.15, -0.1) is 0 Å². The fraction of sp³-hybridized carbons (Fsp3) is 0.200. The molecule has 1 aromatic heterocycles. The maximum absolute atomic E-state index is 13.2. The lowest BCUT2D eigenvalue weighted by Crippen LogP contribution is -2.31. The molecule has 3 aromatic rings. The highest BCUT2D eigenvalue weighted by atomic mass is 16.5. The first-order valence-corrected chi connectivity index (χ1v) is 10.7. The number of carbonyl (C=O) groups excluding carboxylic acids is 3. The second kappa shape index (κ2) is 8.86. The van der Waals surface area contributed by atoms with Crippen LogP contribution in [0.4, 0.5) is 10.5 Å². The Morgan fingerprint density at radius 1 is 1.09 bits per heavy atom. The molecule has 9 heteroatoms. The van der Waals surface area contributed by atoms with Crippen molar-refractivity contribution in [3.63, 3.8) is 0 Å². The number of ether oxygens (including phenoxy) is 1. The summed E-state index contributed by atoms with van der Waals surface area (Å²) in [5, 5.41) is 9.90. The number of aromatic carboxylic acids is 1. The van der Waals surface area contributed by atoms with Crippen molar-refractivity contribution in [2.24, 2.45) is 0 Å². The van der Waals surface area contributed by atoms with Crippen LogP contribution in [-0.4, -0.2) is 52.1 Å². The van der Waals surface area contributed by atoms with Gasteiger partial charge in [0.2, 0.25) is 0 Å². The Balaban J connectivity index is 1.75. The number of rotatable bonds is 6. The third-order valence-electron chi connectivity index (χ3n) is 5.74. The molecule has 0 spiro atoms. The number of para-hydroxylation sites is 1. The zero-order valence-electron chi connectivity index (χ0n) is 18.9. The van der Waals surface area contributed by atoms with Crippen molar-refractivity contribution in [1.82, 2.24) is 9.47 Å². The third kappa shape index (κ3) is 3.81. The van der Waals surface area contributed by atoms with Crippen LogP contribution in [0.5, 0.6) is 0 Å². The zero-order chi connectivity index (χ0) is 24.6. The summed E-state index contributed by atoms with van der Waals surface area (Å²) in [5.74, 6) is -2.01. The Morgan fingerprint density at radius 3 is 2.41 bits per heavy atom. The molecular formula is C25H23N3O6. The van der Waals surface area contributed by atoms with Gasteiger partial charge in [-0.25, -0.2) is 19.3 Å². The Labute approximate surface area is 195 Å². The molecule has 9 nitrogen and oxygen atoms in total. The maximum atomic E-state index is 13.2. The van der Waals surface area contributed by atoms with Gasteiger partial charge < -0.3 is 14.4 Å². The smallest absolute Gasteiger partial charge is 0.336 e. The van der Waals surface area contributed by atoms with Crippen molar-refractivity contribution < 1.29 is 29.0 Å². The first-order chi connectivity index (χ1) is 16.2. The van der Waals surface area contributed by atoms with Gasteiger partial charge in [-0.1, -0.05) is 18.2 Å². The Bertz CT molecular complexity index is 1340. The van der Waals surface area contributed by atoms with Gasteiger partial charge in [0.25, 0.3) is 5.91 Å². The van der Waals surface area contributed by atoms with Crippen LogP contribution >= 0.6 is 0 Å². The molecule has 0 bridgehead atoms. The van der Waals surface area contributed by atoms with E-state index in [0.717, 1.165) is 15.8 Å². The second-order valence-electron chi connectivity index (χ2n) is 7.80. The second-order valence-corrected chi connectivity index (χ2v) is 7.80. The number of urea groups is 1. The highest BCUT2D eigenvalue weighted by Gasteiger charge is 2.40. The van der Waals surface area contributed by atoms with Gasteiger partial charge in [0.05, 0.1) is 17.9 Å². The van der Waals surface area contributed by atoms with E-state index in [4.69, 9.17) is 9.84 Å². The van der Waals surface area contributed by atoms with Gasteiger partial charge in [-0.2, -0.15) is 0 Å². The molecule has 1 aliphatic rings. The molecule has 0 radical (unpaired) electrons. The van der Waals surface area contributed by atoms with Crippen LogP contribution in [0.25, 0.3) is 17.0 Å². The molecule has 1 aliphatic heterocycles. The molecule has 2 heterocycles. The number of carboxylic acid groups (broad SMARTS) is 1. The fourth-order valence-corrected chi connectivity index (χ4v) is 3.93. The van der Waals surface area contributed by atoms with Crippen molar-refractivity contribution in [3.8, 4) is 0 Å². The normalized spacial score (nSPS) is 15.9. The van der Waals surface area contributed by atoms with Crippen LogP contribution in [0, 0.1) is 0 Å². The molecule has 0 saturated carbocycles. The first-order valence-electron chi connectivity index (χ1n) is 10.7. The number of amides is 3. The van der Waals surface area contributed by atoms with Crippen molar-refractivity contribution in [2.45, 2.75) is 19.9 Å². The third-order valence-corrected chi connectivity index (χ3v) is 5.74. The largest absolute Gasteiger partial charge is 0.478 e. The Kier molecular flexibility index (Phi) is 5.93. The Hall–Kier alpha value is -4.40.